The minimum absolute atomic E-state index is 0.0977. The maximum atomic E-state index is 5.80. The Balaban J connectivity index is 1.81. The molecule has 0 bridgehead atoms. The van der Waals surface area contributed by atoms with Gasteiger partial charge in [0.25, 0.3) is 0 Å². The van der Waals surface area contributed by atoms with Crippen molar-refractivity contribution >= 4 is 28.6 Å². The predicted molar refractivity (Wildman–Crippen MR) is 96.2 cm³/mol. The van der Waals surface area contributed by atoms with Crippen LogP contribution in [0.4, 0.5) is 0 Å². The summed E-state index contributed by atoms with van der Waals surface area (Å²) in [5.41, 5.74) is 3.13. The minimum atomic E-state index is 0.0977. The minimum Gasteiger partial charge on any atom is -0.441 e. The Labute approximate surface area is 144 Å². The van der Waals surface area contributed by atoms with Crippen molar-refractivity contribution in [3.63, 3.8) is 0 Å². The number of aryl methyl sites for hydroxylation is 1. The Morgan fingerprint density at radius 2 is 1.77 bits per heavy atom. The molecule has 1 aromatic heterocycles. The molecular weight excluding hydrogens is 358 g/mol. The molecule has 1 unspecified atom stereocenters. The normalized spacial score (nSPS) is 12.3. The van der Waals surface area contributed by atoms with Crippen molar-refractivity contribution in [1.29, 1.82) is 0 Å². The van der Waals surface area contributed by atoms with E-state index in [-0.39, 0.29) is 5.25 Å². The lowest BCUT2D eigenvalue weighted by Crippen LogP contribution is -1.98. The van der Waals surface area contributed by atoms with Crippen molar-refractivity contribution < 1.29 is 4.42 Å². The molecule has 22 heavy (non-hydrogen) atoms. The second-order valence-electron chi connectivity index (χ2n) is 5.16. The molecule has 0 radical (unpaired) electrons. The maximum Gasteiger partial charge on any atom is 0.226 e. The van der Waals surface area contributed by atoms with Crippen molar-refractivity contribution in [3.8, 4) is 11.5 Å². The Morgan fingerprint density at radius 3 is 2.45 bits per heavy atom. The summed E-state index contributed by atoms with van der Waals surface area (Å²) < 4.78 is 6.87. The van der Waals surface area contributed by atoms with Crippen molar-refractivity contribution in [2.75, 3.05) is 0 Å². The van der Waals surface area contributed by atoms with Gasteiger partial charge in [-0.05, 0) is 36.8 Å². The highest BCUT2D eigenvalue weighted by Crippen LogP contribution is 2.29. The summed E-state index contributed by atoms with van der Waals surface area (Å²) in [5, 5.41) is 0.0977. The average Bonchev–Trinajstić information content (AvgIpc) is 2.90. The number of halogens is 1. The smallest absolute Gasteiger partial charge is 0.226 e. The summed E-state index contributed by atoms with van der Waals surface area (Å²) in [6, 6.07) is 18.2. The largest absolute Gasteiger partial charge is 0.441 e. The highest BCUT2D eigenvalue weighted by atomic mass is 79.9. The van der Waals surface area contributed by atoms with Crippen LogP contribution in [0.5, 0.6) is 0 Å². The van der Waals surface area contributed by atoms with Gasteiger partial charge in [-0.2, -0.15) is 12.6 Å². The van der Waals surface area contributed by atoms with Crippen LogP contribution in [0.15, 0.2) is 63.5 Å². The van der Waals surface area contributed by atoms with Gasteiger partial charge in [-0.3, -0.25) is 0 Å². The van der Waals surface area contributed by atoms with Crippen LogP contribution in [0.2, 0.25) is 0 Å². The molecule has 3 aromatic rings. The van der Waals surface area contributed by atoms with Gasteiger partial charge in [0, 0.05) is 21.7 Å². The molecule has 0 spiro atoms. The first-order valence-electron chi connectivity index (χ1n) is 7.09. The SMILES string of the molecule is Cc1oc(-c2ccccc2)nc1CC(S)c1ccc(Br)cc1. The van der Waals surface area contributed by atoms with Crippen LogP contribution >= 0.6 is 28.6 Å². The highest BCUT2D eigenvalue weighted by molar-refractivity contribution is 9.10. The summed E-state index contributed by atoms with van der Waals surface area (Å²) in [5.74, 6) is 1.53. The van der Waals surface area contributed by atoms with Gasteiger partial charge in [-0.1, -0.05) is 46.3 Å². The Bertz CT molecular complexity index is 753. The molecule has 112 valence electrons. The lowest BCUT2D eigenvalue weighted by Gasteiger charge is -2.09. The first-order chi connectivity index (χ1) is 10.6. The quantitative estimate of drug-likeness (QED) is 0.600. The van der Waals surface area contributed by atoms with E-state index >= 15 is 0 Å². The zero-order valence-electron chi connectivity index (χ0n) is 12.2. The number of thiol groups is 1. The van der Waals surface area contributed by atoms with Crippen LogP contribution in [0, 0.1) is 6.92 Å². The van der Waals surface area contributed by atoms with E-state index in [0.717, 1.165) is 27.9 Å². The molecule has 0 aliphatic rings. The molecule has 1 atom stereocenters. The van der Waals surface area contributed by atoms with Crippen LogP contribution in [-0.4, -0.2) is 4.98 Å². The summed E-state index contributed by atoms with van der Waals surface area (Å²) in [7, 11) is 0. The van der Waals surface area contributed by atoms with Gasteiger partial charge < -0.3 is 4.42 Å². The van der Waals surface area contributed by atoms with Gasteiger partial charge >= 0.3 is 0 Å². The van der Waals surface area contributed by atoms with E-state index in [1.54, 1.807) is 0 Å². The molecular formula is C18H16BrNOS. The molecule has 1 heterocycles. The van der Waals surface area contributed by atoms with Crippen LogP contribution in [0.1, 0.15) is 22.3 Å². The zero-order valence-corrected chi connectivity index (χ0v) is 14.6. The molecule has 0 fully saturated rings. The monoisotopic (exact) mass is 373 g/mol. The fourth-order valence-corrected chi connectivity index (χ4v) is 2.92. The summed E-state index contributed by atoms with van der Waals surface area (Å²) in [6.07, 6.45) is 0.743. The average molecular weight is 374 g/mol. The number of hydrogen-bond acceptors (Lipinski definition) is 3. The first kappa shape index (κ1) is 15.4. The van der Waals surface area contributed by atoms with E-state index < -0.39 is 0 Å². The molecule has 0 aliphatic heterocycles. The zero-order chi connectivity index (χ0) is 15.5. The number of nitrogens with zero attached hydrogens (tertiary/aromatic N) is 1. The van der Waals surface area contributed by atoms with Gasteiger partial charge in [-0.15, -0.1) is 0 Å². The second kappa shape index (κ2) is 6.71. The molecule has 0 saturated heterocycles. The summed E-state index contributed by atoms with van der Waals surface area (Å²) in [4.78, 5) is 4.64. The molecule has 4 heteroatoms. The van der Waals surface area contributed by atoms with Gasteiger partial charge in [0.1, 0.15) is 5.76 Å². The number of hydrogen-bond donors (Lipinski definition) is 1. The summed E-state index contributed by atoms with van der Waals surface area (Å²) >= 11 is 8.16. The number of rotatable bonds is 4. The highest BCUT2D eigenvalue weighted by Gasteiger charge is 2.15. The van der Waals surface area contributed by atoms with Gasteiger partial charge in [0.05, 0.1) is 5.69 Å². The molecule has 0 saturated carbocycles. The predicted octanol–water partition coefficient (Wildman–Crippen LogP) is 5.63. The Hall–Kier alpha value is -1.52. The molecule has 0 amide bonds. The van der Waals surface area contributed by atoms with Crippen LogP contribution in [0.25, 0.3) is 11.5 Å². The molecule has 0 N–H and O–H groups in total. The van der Waals surface area contributed by atoms with Gasteiger partial charge in [0.15, 0.2) is 0 Å². The van der Waals surface area contributed by atoms with E-state index in [1.165, 1.54) is 5.56 Å². The maximum absolute atomic E-state index is 5.80. The van der Waals surface area contributed by atoms with Gasteiger partial charge in [0.2, 0.25) is 5.89 Å². The molecule has 2 nitrogen and oxygen atoms in total. The second-order valence-corrected chi connectivity index (χ2v) is 6.70. The van der Waals surface area contributed by atoms with Crippen molar-refractivity contribution in [2.45, 2.75) is 18.6 Å². The van der Waals surface area contributed by atoms with E-state index in [9.17, 15) is 0 Å². The third-order valence-electron chi connectivity index (χ3n) is 3.55. The van der Waals surface area contributed by atoms with Crippen molar-refractivity contribution in [1.82, 2.24) is 4.98 Å². The van der Waals surface area contributed by atoms with E-state index in [1.807, 2.05) is 49.4 Å². The third kappa shape index (κ3) is 3.45. The van der Waals surface area contributed by atoms with Crippen molar-refractivity contribution in [3.05, 3.63) is 76.1 Å². The molecule has 2 aromatic carbocycles. The molecule has 0 aliphatic carbocycles. The topological polar surface area (TPSA) is 26.0 Å². The fourth-order valence-electron chi connectivity index (χ4n) is 2.31. The lowest BCUT2D eigenvalue weighted by molar-refractivity contribution is 0.539. The van der Waals surface area contributed by atoms with Crippen LogP contribution < -0.4 is 0 Å². The molecule has 3 rings (SSSR count). The lowest BCUT2D eigenvalue weighted by atomic mass is 10.1. The van der Waals surface area contributed by atoms with Crippen molar-refractivity contribution in [2.24, 2.45) is 0 Å². The van der Waals surface area contributed by atoms with E-state index in [0.29, 0.717) is 5.89 Å². The van der Waals surface area contributed by atoms with E-state index in [4.69, 9.17) is 17.0 Å². The summed E-state index contributed by atoms with van der Waals surface area (Å²) in [6.45, 7) is 1.96. The number of oxazole rings is 1. The first-order valence-corrected chi connectivity index (χ1v) is 8.39. The van der Waals surface area contributed by atoms with Crippen LogP contribution in [0.3, 0.4) is 0 Å². The standard InChI is InChI=1S/C18H16BrNOS/c1-12-16(11-17(22)13-7-9-15(19)10-8-13)20-18(21-12)14-5-3-2-4-6-14/h2-10,17,22H,11H2,1H3. The Kier molecular flexibility index (Phi) is 4.69. The third-order valence-corrected chi connectivity index (χ3v) is 4.56. The Morgan fingerprint density at radius 1 is 1.09 bits per heavy atom. The number of benzene rings is 2. The number of aromatic nitrogens is 1. The van der Waals surface area contributed by atoms with Gasteiger partial charge in [-0.25, -0.2) is 4.98 Å². The fraction of sp³-hybridized carbons (Fsp3) is 0.167. The van der Waals surface area contributed by atoms with E-state index in [2.05, 4.69) is 33.0 Å². The van der Waals surface area contributed by atoms with Crippen LogP contribution in [-0.2, 0) is 6.42 Å².